The molecule has 0 saturated heterocycles. The van der Waals surface area contributed by atoms with Gasteiger partial charge >= 0.3 is 0 Å². The first-order valence-electron chi connectivity index (χ1n) is 8.79. The molecule has 0 aliphatic carbocycles. The Labute approximate surface area is 172 Å². The smallest absolute Gasteiger partial charge is 0.270 e. The van der Waals surface area contributed by atoms with Crippen molar-refractivity contribution in [1.82, 2.24) is 9.78 Å². The zero-order valence-corrected chi connectivity index (χ0v) is 16.3. The number of allylic oxidation sites excluding steroid dienone is 1. The first-order valence-corrected chi connectivity index (χ1v) is 8.79. The van der Waals surface area contributed by atoms with E-state index in [0.29, 0.717) is 16.9 Å². The lowest BCUT2D eigenvalue weighted by Gasteiger charge is -2.15. The molecule has 0 spiro atoms. The highest BCUT2D eigenvalue weighted by Crippen LogP contribution is 2.31. The predicted molar refractivity (Wildman–Crippen MR) is 114 cm³/mol. The average molecular weight is 399 g/mol. The highest BCUT2D eigenvalue weighted by atomic mass is 16.6. The van der Waals surface area contributed by atoms with Crippen LogP contribution in [0.4, 0.5) is 17.2 Å². The van der Waals surface area contributed by atoms with Gasteiger partial charge in [0.1, 0.15) is 29.2 Å². The number of nitro benzene ring substituents is 1. The Morgan fingerprint density at radius 2 is 1.93 bits per heavy atom. The number of aromatic nitrogens is 2. The molecule has 3 rings (SSSR count). The van der Waals surface area contributed by atoms with Crippen molar-refractivity contribution < 1.29 is 4.92 Å². The number of nitrogens with two attached hydrogens (primary N) is 1. The largest absolute Gasteiger partial charge is 0.382 e. The molecule has 0 aliphatic heterocycles. The number of anilines is 2. The van der Waals surface area contributed by atoms with E-state index >= 15 is 0 Å². The van der Waals surface area contributed by atoms with Crippen LogP contribution >= 0.6 is 0 Å². The van der Waals surface area contributed by atoms with Crippen LogP contribution in [0.25, 0.3) is 17.3 Å². The summed E-state index contributed by atoms with van der Waals surface area (Å²) in [5, 5.41) is 35.0. The normalized spacial score (nSPS) is 10.9. The van der Waals surface area contributed by atoms with Gasteiger partial charge < -0.3 is 10.6 Å². The van der Waals surface area contributed by atoms with Crippen molar-refractivity contribution in [2.45, 2.75) is 0 Å². The maximum absolute atomic E-state index is 11.2. The molecule has 0 unspecified atom stereocenters. The van der Waals surface area contributed by atoms with E-state index in [-0.39, 0.29) is 28.3 Å². The van der Waals surface area contributed by atoms with Crippen LogP contribution in [0.15, 0.2) is 48.5 Å². The number of para-hydroxylation sites is 1. The van der Waals surface area contributed by atoms with E-state index in [1.54, 1.807) is 49.3 Å². The van der Waals surface area contributed by atoms with Gasteiger partial charge in [-0.3, -0.25) is 10.1 Å². The summed E-state index contributed by atoms with van der Waals surface area (Å²) in [5.74, 6) is 0.103. The second kappa shape index (κ2) is 8.17. The lowest BCUT2D eigenvalue weighted by Crippen LogP contribution is -2.10. The number of non-ortho nitro benzene ring substituents is 1. The fourth-order valence-corrected chi connectivity index (χ4v) is 2.98. The second-order valence-corrected chi connectivity index (χ2v) is 6.53. The minimum Gasteiger partial charge on any atom is -0.382 e. The average Bonchev–Trinajstić information content (AvgIpc) is 3.08. The number of hydrogen-bond acceptors (Lipinski definition) is 7. The van der Waals surface area contributed by atoms with E-state index in [0.717, 1.165) is 0 Å². The maximum atomic E-state index is 11.2. The first kappa shape index (κ1) is 20.1. The molecule has 30 heavy (non-hydrogen) atoms. The molecule has 1 heterocycles. The molecular formula is C21H17N7O2. The zero-order chi connectivity index (χ0) is 21.8. The SMILES string of the molecule is CN(C)c1ccc([N+](=O)[O-])cc1C=C(C#N)c1nn(-c2ccccc2)c(N)c1C#N. The molecule has 0 amide bonds. The zero-order valence-electron chi connectivity index (χ0n) is 16.3. The van der Waals surface area contributed by atoms with Gasteiger partial charge in [0, 0.05) is 37.5 Å². The Hall–Kier alpha value is -4.63. The Kier molecular flexibility index (Phi) is 5.48. The van der Waals surface area contributed by atoms with Crippen LogP contribution in [0.2, 0.25) is 0 Å². The van der Waals surface area contributed by atoms with Crippen molar-refractivity contribution in [3.63, 3.8) is 0 Å². The lowest BCUT2D eigenvalue weighted by molar-refractivity contribution is -0.384. The third-order valence-electron chi connectivity index (χ3n) is 4.41. The third kappa shape index (κ3) is 3.68. The fraction of sp³-hybridized carbons (Fsp3) is 0.0952. The highest BCUT2D eigenvalue weighted by molar-refractivity contribution is 5.94. The minimum atomic E-state index is -0.508. The van der Waals surface area contributed by atoms with Crippen molar-refractivity contribution in [3.8, 4) is 17.8 Å². The van der Waals surface area contributed by atoms with Crippen LogP contribution in [0.5, 0.6) is 0 Å². The van der Waals surface area contributed by atoms with Crippen LogP contribution < -0.4 is 10.6 Å². The summed E-state index contributed by atoms with van der Waals surface area (Å²) in [6.45, 7) is 0. The van der Waals surface area contributed by atoms with Crippen molar-refractivity contribution in [2.24, 2.45) is 0 Å². The molecule has 0 bridgehead atoms. The Morgan fingerprint density at radius 1 is 1.23 bits per heavy atom. The van der Waals surface area contributed by atoms with Crippen molar-refractivity contribution >= 4 is 28.8 Å². The van der Waals surface area contributed by atoms with Gasteiger partial charge in [-0.05, 0) is 24.3 Å². The molecule has 9 nitrogen and oxygen atoms in total. The van der Waals surface area contributed by atoms with E-state index in [4.69, 9.17) is 5.73 Å². The summed E-state index contributed by atoms with van der Waals surface area (Å²) in [6.07, 6.45) is 1.47. The van der Waals surface area contributed by atoms with Crippen molar-refractivity contribution in [3.05, 3.63) is 75.5 Å². The third-order valence-corrected chi connectivity index (χ3v) is 4.41. The molecule has 1 aromatic heterocycles. The summed E-state index contributed by atoms with van der Waals surface area (Å²) >= 11 is 0. The van der Waals surface area contributed by atoms with E-state index < -0.39 is 4.92 Å². The summed E-state index contributed by atoms with van der Waals surface area (Å²) in [4.78, 5) is 12.5. The van der Waals surface area contributed by atoms with Gasteiger partial charge in [-0.2, -0.15) is 15.6 Å². The minimum absolute atomic E-state index is 0.0588. The lowest BCUT2D eigenvalue weighted by atomic mass is 10.0. The van der Waals surface area contributed by atoms with Crippen LogP contribution in [-0.4, -0.2) is 28.8 Å². The van der Waals surface area contributed by atoms with Gasteiger partial charge in [0.25, 0.3) is 5.69 Å². The van der Waals surface area contributed by atoms with Gasteiger partial charge in [-0.1, -0.05) is 18.2 Å². The summed E-state index contributed by atoms with van der Waals surface area (Å²) in [5.41, 5.74) is 7.99. The van der Waals surface area contributed by atoms with E-state index in [2.05, 4.69) is 5.10 Å². The van der Waals surface area contributed by atoms with Crippen molar-refractivity contribution in [1.29, 1.82) is 10.5 Å². The molecule has 0 atom stereocenters. The quantitative estimate of drug-likeness (QED) is 0.394. The molecule has 2 aromatic carbocycles. The maximum Gasteiger partial charge on any atom is 0.270 e. The number of nitrogen functional groups attached to an aromatic ring is 1. The molecule has 0 fully saturated rings. The van der Waals surface area contributed by atoms with Gasteiger partial charge in [0.15, 0.2) is 0 Å². The van der Waals surface area contributed by atoms with E-state index in [9.17, 15) is 20.6 Å². The highest BCUT2D eigenvalue weighted by Gasteiger charge is 2.21. The molecule has 0 radical (unpaired) electrons. The van der Waals surface area contributed by atoms with Gasteiger partial charge in [-0.15, -0.1) is 0 Å². The number of nitrogens with zero attached hydrogens (tertiary/aromatic N) is 6. The van der Waals surface area contributed by atoms with E-state index in [1.807, 2.05) is 18.2 Å². The summed E-state index contributed by atoms with van der Waals surface area (Å²) < 4.78 is 1.39. The Morgan fingerprint density at radius 3 is 2.50 bits per heavy atom. The molecule has 148 valence electrons. The molecule has 3 aromatic rings. The number of nitriles is 2. The van der Waals surface area contributed by atoms with Gasteiger partial charge in [-0.25, -0.2) is 4.68 Å². The van der Waals surface area contributed by atoms with Crippen molar-refractivity contribution in [2.75, 3.05) is 24.7 Å². The molecule has 0 aliphatic rings. The molecule has 0 saturated carbocycles. The van der Waals surface area contributed by atoms with Crippen LogP contribution in [0, 0.1) is 32.8 Å². The first-order chi connectivity index (χ1) is 14.4. The Bertz CT molecular complexity index is 1230. The monoisotopic (exact) mass is 399 g/mol. The van der Waals surface area contributed by atoms with Crippen LogP contribution in [0.3, 0.4) is 0 Å². The predicted octanol–water partition coefficient (Wildman–Crippen LogP) is 3.36. The molecule has 2 N–H and O–H groups in total. The topological polar surface area (TPSA) is 138 Å². The number of benzene rings is 2. The fourth-order valence-electron chi connectivity index (χ4n) is 2.98. The number of hydrogen-bond donors (Lipinski definition) is 1. The second-order valence-electron chi connectivity index (χ2n) is 6.53. The summed E-state index contributed by atoms with van der Waals surface area (Å²) in [7, 11) is 3.57. The standard InChI is InChI=1S/C21H17N7O2/c1-26(2)19-9-8-17(28(29)30)11-14(19)10-15(12-22)20-18(13-23)21(24)27(25-20)16-6-4-3-5-7-16/h3-11H,24H2,1-2H3. The number of nitro groups is 1. The molecular weight excluding hydrogens is 382 g/mol. The van der Waals surface area contributed by atoms with Crippen LogP contribution in [-0.2, 0) is 0 Å². The van der Waals surface area contributed by atoms with E-state index in [1.165, 1.54) is 22.9 Å². The van der Waals surface area contributed by atoms with Gasteiger partial charge in [0.05, 0.1) is 16.2 Å². The van der Waals surface area contributed by atoms with Gasteiger partial charge in [0.2, 0.25) is 0 Å². The molecule has 9 heteroatoms. The van der Waals surface area contributed by atoms with Crippen LogP contribution in [0.1, 0.15) is 16.8 Å². The Balaban J connectivity index is 2.22. The number of rotatable bonds is 5. The summed E-state index contributed by atoms with van der Waals surface area (Å²) in [6, 6.07) is 17.4.